The zero-order valence-electron chi connectivity index (χ0n) is 14.9. The third-order valence-electron chi connectivity index (χ3n) is 4.94. The van der Waals surface area contributed by atoms with Gasteiger partial charge in [-0.2, -0.15) is 0 Å². The summed E-state index contributed by atoms with van der Waals surface area (Å²) in [6.07, 6.45) is 10.6. The second kappa shape index (κ2) is 9.75. The molecule has 1 saturated carbocycles. The zero-order valence-corrected chi connectivity index (χ0v) is 14.9. The highest BCUT2D eigenvalue weighted by Gasteiger charge is 2.27. The SMILES string of the molecule is CCCCCCCCOc1ccc([C@@H]2CC[C@@H](C)CC2=O)cc1. The minimum Gasteiger partial charge on any atom is -0.494 e. The van der Waals surface area contributed by atoms with Crippen molar-refractivity contribution in [2.75, 3.05) is 6.61 Å². The maximum Gasteiger partial charge on any atom is 0.140 e. The Bertz CT molecular complexity index is 463. The van der Waals surface area contributed by atoms with E-state index in [1.165, 1.54) is 32.1 Å². The van der Waals surface area contributed by atoms with Crippen molar-refractivity contribution in [1.82, 2.24) is 0 Å². The lowest BCUT2D eigenvalue weighted by Crippen LogP contribution is -2.21. The van der Waals surface area contributed by atoms with Gasteiger partial charge in [-0.05, 0) is 42.9 Å². The summed E-state index contributed by atoms with van der Waals surface area (Å²) in [5.41, 5.74) is 1.16. The summed E-state index contributed by atoms with van der Waals surface area (Å²) in [6, 6.07) is 8.21. The van der Waals surface area contributed by atoms with Gasteiger partial charge in [0, 0.05) is 12.3 Å². The number of Topliss-reactive ketones (excluding diaryl/α,β-unsaturated/α-hetero) is 1. The number of carbonyl (C=O) groups is 1. The zero-order chi connectivity index (χ0) is 16.5. The molecule has 23 heavy (non-hydrogen) atoms. The Labute approximate surface area is 141 Å². The predicted molar refractivity (Wildman–Crippen MR) is 96.1 cm³/mol. The molecule has 1 aliphatic rings. The Morgan fingerprint density at radius 3 is 2.39 bits per heavy atom. The number of carbonyl (C=O) groups excluding carboxylic acids is 1. The number of unbranched alkanes of at least 4 members (excludes halogenated alkanes) is 5. The van der Waals surface area contributed by atoms with Crippen LogP contribution >= 0.6 is 0 Å². The maximum atomic E-state index is 12.2. The van der Waals surface area contributed by atoms with Crippen molar-refractivity contribution < 1.29 is 9.53 Å². The van der Waals surface area contributed by atoms with Crippen molar-refractivity contribution in [3.8, 4) is 5.75 Å². The van der Waals surface area contributed by atoms with E-state index in [9.17, 15) is 4.79 Å². The van der Waals surface area contributed by atoms with Crippen LogP contribution in [0.25, 0.3) is 0 Å². The highest BCUT2D eigenvalue weighted by Crippen LogP contribution is 2.33. The third kappa shape index (κ3) is 6.01. The Kier molecular flexibility index (Phi) is 7.64. The van der Waals surface area contributed by atoms with E-state index in [1.807, 2.05) is 12.1 Å². The number of rotatable bonds is 9. The number of hydrogen-bond acceptors (Lipinski definition) is 2. The molecule has 0 aromatic heterocycles. The summed E-state index contributed by atoms with van der Waals surface area (Å²) >= 11 is 0. The molecule has 0 spiro atoms. The first kappa shape index (κ1) is 18.0. The van der Waals surface area contributed by atoms with E-state index >= 15 is 0 Å². The molecule has 1 fully saturated rings. The molecule has 0 heterocycles. The second-order valence-corrected chi connectivity index (χ2v) is 7.09. The van der Waals surface area contributed by atoms with Crippen molar-refractivity contribution in [3.05, 3.63) is 29.8 Å². The van der Waals surface area contributed by atoms with Crippen LogP contribution in [0.4, 0.5) is 0 Å². The van der Waals surface area contributed by atoms with Gasteiger partial charge >= 0.3 is 0 Å². The van der Waals surface area contributed by atoms with Gasteiger partial charge in [0.25, 0.3) is 0 Å². The molecule has 0 bridgehead atoms. The number of ether oxygens (including phenoxy) is 1. The number of benzene rings is 1. The Morgan fingerprint density at radius 1 is 1.00 bits per heavy atom. The lowest BCUT2D eigenvalue weighted by atomic mass is 9.78. The molecule has 0 saturated heterocycles. The summed E-state index contributed by atoms with van der Waals surface area (Å²) in [4.78, 5) is 12.2. The van der Waals surface area contributed by atoms with Crippen molar-refractivity contribution in [3.63, 3.8) is 0 Å². The molecule has 0 aliphatic heterocycles. The molecule has 1 aromatic carbocycles. The van der Waals surface area contributed by atoms with Crippen LogP contribution in [0.1, 0.15) is 83.1 Å². The third-order valence-corrected chi connectivity index (χ3v) is 4.94. The predicted octanol–water partition coefficient (Wildman–Crippen LogP) is 5.90. The van der Waals surface area contributed by atoms with E-state index in [-0.39, 0.29) is 5.92 Å². The molecular formula is C21H32O2. The Hall–Kier alpha value is -1.31. The summed E-state index contributed by atoms with van der Waals surface area (Å²) in [7, 11) is 0. The van der Waals surface area contributed by atoms with E-state index in [2.05, 4.69) is 26.0 Å². The van der Waals surface area contributed by atoms with E-state index in [0.717, 1.165) is 43.6 Å². The van der Waals surface area contributed by atoms with Crippen LogP contribution < -0.4 is 4.74 Å². The molecule has 2 heteroatoms. The normalized spacial score (nSPS) is 21.4. The first-order chi connectivity index (χ1) is 11.2. The summed E-state index contributed by atoms with van der Waals surface area (Å²) < 4.78 is 5.81. The number of ketones is 1. The van der Waals surface area contributed by atoms with Crippen LogP contribution in [0, 0.1) is 5.92 Å². The average molecular weight is 316 g/mol. The smallest absolute Gasteiger partial charge is 0.140 e. The second-order valence-electron chi connectivity index (χ2n) is 7.09. The summed E-state index contributed by atoms with van der Waals surface area (Å²) in [5.74, 6) is 2.00. The minimum atomic E-state index is 0.110. The van der Waals surface area contributed by atoms with Gasteiger partial charge in [0.1, 0.15) is 11.5 Å². The standard InChI is InChI=1S/C21H32O2/c1-3-4-5-6-7-8-15-23-19-12-10-18(11-13-19)20-14-9-17(2)16-21(20)22/h10-13,17,20H,3-9,14-16H2,1-2H3/t17-,20+/m1/s1. The van der Waals surface area contributed by atoms with E-state index in [1.54, 1.807) is 0 Å². The lowest BCUT2D eigenvalue weighted by molar-refractivity contribution is -0.123. The lowest BCUT2D eigenvalue weighted by Gasteiger charge is -2.25. The molecular weight excluding hydrogens is 284 g/mol. The van der Waals surface area contributed by atoms with Gasteiger partial charge in [-0.1, -0.05) is 58.1 Å². The van der Waals surface area contributed by atoms with Gasteiger partial charge in [-0.3, -0.25) is 4.79 Å². The van der Waals surface area contributed by atoms with E-state index in [4.69, 9.17) is 4.74 Å². The Morgan fingerprint density at radius 2 is 1.70 bits per heavy atom. The van der Waals surface area contributed by atoms with Gasteiger partial charge in [0.15, 0.2) is 0 Å². The number of hydrogen-bond donors (Lipinski definition) is 0. The van der Waals surface area contributed by atoms with Crippen molar-refractivity contribution in [1.29, 1.82) is 0 Å². The largest absolute Gasteiger partial charge is 0.494 e. The Balaban J connectivity index is 1.71. The molecule has 2 atom stereocenters. The van der Waals surface area contributed by atoms with Gasteiger partial charge in [-0.25, -0.2) is 0 Å². The topological polar surface area (TPSA) is 26.3 Å². The fourth-order valence-electron chi connectivity index (χ4n) is 3.42. The van der Waals surface area contributed by atoms with Crippen LogP contribution in [0.5, 0.6) is 5.75 Å². The molecule has 1 aromatic rings. The fraction of sp³-hybridized carbons (Fsp3) is 0.667. The molecule has 0 radical (unpaired) electrons. The van der Waals surface area contributed by atoms with Crippen LogP contribution in [0.3, 0.4) is 0 Å². The van der Waals surface area contributed by atoms with Crippen LogP contribution in [0.15, 0.2) is 24.3 Å². The molecule has 0 amide bonds. The first-order valence-corrected chi connectivity index (χ1v) is 9.46. The van der Waals surface area contributed by atoms with Crippen molar-refractivity contribution >= 4 is 5.78 Å². The molecule has 0 N–H and O–H groups in total. The van der Waals surface area contributed by atoms with Gasteiger partial charge in [0.05, 0.1) is 6.61 Å². The maximum absolute atomic E-state index is 12.2. The van der Waals surface area contributed by atoms with Gasteiger partial charge in [0.2, 0.25) is 0 Å². The fourth-order valence-corrected chi connectivity index (χ4v) is 3.42. The van der Waals surface area contributed by atoms with Crippen molar-refractivity contribution in [2.24, 2.45) is 5.92 Å². The molecule has 2 nitrogen and oxygen atoms in total. The molecule has 0 unspecified atom stereocenters. The monoisotopic (exact) mass is 316 g/mol. The quantitative estimate of drug-likeness (QED) is 0.530. The van der Waals surface area contributed by atoms with E-state index in [0.29, 0.717) is 11.7 Å². The summed E-state index contributed by atoms with van der Waals surface area (Å²) in [5, 5.41) is 0. The van der Waals surface area contributed by atoms with Gasteiger partial charge in [-0.15, -0.1) is 0 Å². The van der Waals surface area contributed by atoms with Crippen molar-refractivity contribution in [2.45, 2.75) is 77.6 Å². The average Bonchev–Trinajstić information content (AvgIpc) is 2.55. The van der Waals surface area contributed by atoms with Crippen LogP contribution in [-0.2, 0) is 4.79 Å². The first-order valence-electron chi connectivity index (χ1n) is 9.46. The minimum absolute atomic E-state index is 0.110. The van der Waals surface area contributed by atoms with Gasteiger partial charge < -0.3 is 4.74 Å². The van der Waals surface area contributed by atoms with Crippen LogP contribution in [-0.4, -0.2) is 12.4 Å². The highest BCUT2D eigenvalue weighted by atomic mass is 16.5. The van der Waals surface area contributed by atoms with Crippen LogP contribution in [0.2, 0.25) is 0 Å². The highest BCUT2D eigenvalue weighted by molar-refractivity contribution is 5.86. The molecule has 2 rings (SSSR count). The summed E-state index contributed by atoms with van der Waals surface area (Å²) in [6.45, 7) is 5.22. The molecule has 1 aliphatic carbocycles. The van der Waals surface area contributed by atoms with E-state index < -0.39 is 0 Å². The molecule has 128 valence electrons.